The van der Waals surface area contributed by atoms with Crippen LogP contribution in [0.3, 0.4) is 0 Å². The van der Waals surface area contributed by atoms with E-state index >= 15 is 0 Å². The number of rotatable bonds is 14. The third kappa shape index (κ3) is 11.4. The van der Waals surface area contributed by atoms with E-state index in [4.69, 9.17) is 5.73 Å². The van der Waals surface area contributed by atoms with Crippen molar-refractivity contribution in [2.45, 2.75) is 93.0 Å². The molecule has 244 valence electrons. The van der Waals surface area contributed by atoms with Crippen LogP contribution < -0.4 is 16.4 Å². The molecule has 1 aliphatic rings. The molecule has 7 nitrogen and oxygen atoms in total. The summed E-state index contributed by atoms with van der Waals surface area (Å²) in [4.78, 5) is 16.3. The van der Waals surface area contributed by atoms with Crippen LogP contribution in [0.5, 0.6) is 0 Å². The molecule has 0 bridgehead atoms. The van der Waals surface area contributed by atoms with Crippen molar-refractivity contribution in [1.82, 2.24) is 25.5 Å². The SMILES string of the molecule is C=C(N)C(=C)C(=C)NC1=NCC(CC)(CCN(CC)C(=C)c2ccc(CCc3nc(C)cc(CC)n3)cc2)N1.CC(C)=C(C)C. The first kappa shape index (κ1) is 37.1. The van der Waals surface area contributed by atoms with Crippen molar-refractivity contribution in [3.63, 3.8) is 0 Å². The lowest BCUT2D eigenvalue weighted by Crippen LogP contribution is -2.50. The summed E-state index contributed by atoms with van der Waals surface area (Å²) >= 11 is 0. The minimum absolute atomic E-state index is 0.128. The van der Waals surface area contributed by atoms with Gasteiger partial charge in [0.15, 0.2) is 5.96 Å². The molecule has 0 fully saturated rings. The van der Waals surface area contributed by atoms with Crippen molar-refractivity contribution in [3.05, 3.63) is 113 Å². The number of allylic oxidation sites excluding steroid dienone is 2. The maximum Gasteiger partial charge on any atom is 0.196 e. The smallest absolute Gasteiger partial charge is 0.196 e. The van der Waals surface area contributed by atoms with Gasteiger partial charge in [0, 0.05) is 53.6 Å². The van der Waals surface area contributed by atoms with Crippen LogP contribution in [0.4, 0.5) is 0 Å². The van der Waals surface area contributed by atoms with Gasteiger partial charge in [0.25, 0.3) is 0 Å². The predicted molar refractivity (Wildman–Crippen MR) is 194 cm³/mol. The van der Waals surface area contributed by atoms with E-state index in [-0.39, 0.29) is 5.54 Å². The number of nitrogens with zero attached hydrogens (tertiary/aromatic N) is 4. The van der Waals surface area contributed by atoms with Gasteiger partial charge in [-0.05, 0) is 84.4 Å². The van der Waals surface area contributed by atoms with Gasteiger partial charge < -0.3 is 21.3 Å². The summed E-state index contributed by atoms with van der Waals surface area (Å²) in [6, 6.07) is 10.8. The number of aliphatic imine (C=N–C) groups is 1. The van der Waals surface area contributed by atoms with Crippen molar-refractivity contribution in [1.29, 1.82) is 0 Å². The second-order valence-electron chi connectivity index (χ2n) is 12.3. The first-order valence-corrected chi connectivity index (χ1v) is 16.1. The molecule has 0 radical (unpaired) electrons. The molecule has 2 aromatic rings. The lowest BCUT2D eigenvalue weighted by Gasteiger charge is -2.33. The average Bonchev–Trinajstić information content (AvgIpc) is 3.42. The summed E-state index contributed by atoms with van der Waals surface area (Å²) in [5, 5.41) is 6.78. The Labute approximate surface area is 273 Å². The molecule has 4 N–H and O–H groups in total. The zero-order valence-electron chi connectivity index (χ0n) is 29.2. The molecule has 0 saturated carbocycles. The topological polar surface area (TPSA) is 91.5 Å². The quantitative estimate of drug-likeness (QED) is 0.152. The Morgan fingerprint density at radius 2 is 1.62 bits per heavy atom. The van der Waals surface area contributed by atoms with Crippen molar-refractivity contribution in [2.75, 3.05) is 19.6 Å². The summed E-state index contributed by atoms with van der Waals surface area (Å²) in [6.07, 6.45) is 4.55. The molecule has 0 saturated heterocycles. The Bertz CT molecular complexity index is 1400. The molecule has 1 unspecified atom stereocenters. The molecular formula is C38H57N7. The number of nitrogens with one attached hydrogen (secondary N) is 2. The van der Waals surface area contributed by atoms with Gasteiger partial charge in [-0.15, -0.1) is 0 Å². The summed E-state index contributed by atoms with van der Waals surface area (Å²) < 4.78 is 0. The second-order valence-corrected chi connectivity index (χ2v) is 12.3. The van der Waals surface area contributed by atoms with E-state index in [1.165, 1.54) is 16.7 Å². The fourth-order valence-electron chi connectivity index (χ4n) is 4.69. The molecule has 0 aliphatic carbocycles. The number of benzene rings is 1. The lowest BCUT2D eigenvalue weighted by atomic mass is 9.92. The standard InChI is InChI=1S/C32H45N7.C6H12/c1-9-29-20-22(4)35-30(37-29)17-14-27-12-15-28(16-13-27)26(8)39(11-3)19-18-32(10-2)21-34-31(38-32)36-25(7)23(5)24(6)33;1-5(2)6(3)4/h12-13,15-16,20H,5-11,14,17-19,21,33H2,1-4H3,(H2,34,36,38);1-4H3. The molecule has 3 rings (SSSR count). The van der Waals surface area contributed by atoms with Gasteiger partial charge in [-0.1, -0.05) is 75.6 Å². The molecule has 0 spiro atoms. The molecular weight excluding hydrogens is 554 g/mol. The molecule has 1 aromatic heterocycles. The monoisotopic (exact) mass is 611 g/mol. The molecule has 0 amide bonds. The van der Waals surface area contributed by atoms with Crippen LogP contribution in [0.1, 0.15) is 89.6 Å². The Morgan fingerprint density at radius 3 is 2.16 bits per heavy atom. The van der Waals surface area contributed by atoms with E-state index in [2.05, 4.69) is 136 Å². The minimum Gasteiger partial charge on any atom is -0.399 e. The highest BCUT2D eigenvalue weighted by Gasteiger charge is 2.34. The zero-order valence-corrected chi connectivity index (χ0v) is 29.2. The zero-order chi connectivity index (χ0) is 33.7. The van der Waals surface area contributed by atoms with Crippen molar-refractivity contribution < 1.29 is 0 Å². The van der Waals surface area contributed by atoms with E-state index in [9.17, 15) is 0 Å². The third-order valence-corrected chi connectivity index (χ3v) is 8.49. The van der Waals surface area contributed by atoms with Crippen LogP contribution in [0.2, 0.25) is 0 Å². The van der Waals surface area contributed by atoms with Crippen LogP contribution in [0.25, 0.3) is 5.70 Å². The van der Waals surface area contributed by atoms with Crippen molar-refractivity contribution in [2.24, 2.45) is 10.7 Å². The van der Waals surface area contributed by atoms with Crippen LogP contribution in [-0.4, -0.2) is 46.0 Å². The fourth-order valence-corrected chi connectivity index (χ4v) is 4.69. The number of nitrogens with two attached hydrogens (primary N) is 1. The van der Waals surface area contributed by atoms with Crippen LogP contribution in [-0.2, 0) is 19.3 Å². The Kier molecular flexibility index (Phi) is 14.3. The number of hydrogen-bond acceptors (Lipinski definition) is 7. The first-order chi connectivity index (χ1) is 21.2. The van der Waals surface area contributed by atoms with Gasteiger partial charge >= 0.3 is 0 Å². The maximum atomic E-state index is 5.75. The first-order valence-electron chi connectivity index (χ1n) is 16.1. The van der Waals surface area contributed by atoms with Crippen molar-refractivity contribution >= 4 is 11.7 Å². The largest absolute Gasteiger partial charge is 0.399 e. The number of aryl methyl sites for hydroxylation is 4. The van der Waals surface area contributed by atoms with E-state index < -0.39 is 0 Å². The molecule has 45 heavy (non-hydrogen) atoms. The molecule has 2 heterocycles. The molecule has 1 aromatic carbocycles. The summed E-state index contributed by atoms with van der Waals surface area (Å²) in [6.45, 7) is 35.5. The van der Waals surface area contributed by atoms with Gasteiger partial charge in [-0.3, -0.25) is 4.99 Å². The van der Waals surface area contributed by atoms with Gasteiger partial charge in [0.1, 0.15) is 5.82 Å². The van der Waals surface area contributed by atoms with E-state index in [1.54, 1.807) is 0 Å². The van der Waals surface area contributed by atoms with Crippen LogP contribution in [0.15, 0.2) is 89.8 Å². The summed E-state index contributed by atoms with van der Waals surface area (Å²) in [5.41, 5.74) is 15.6. The lowest BCUT2D eigenvalue weighted by molar-refractivity contribution is 0.305. The fraction of sp³-hybridized carbons (Fsp3) is 0.447. The highest BCUT2D eigenvalue weighted by Crippen LogP contribution is 2.25. The summed E-state index contributed by atoms with van der Waals surface area (Å²) in [7, 11) is 0. The minimum atomic E-state index is -0.128. The molecule has 7 heteroatoms. The Hall–Kier alpha value is -4.13. The average molecular weight is 612 g/mol. The van der Waals surface area contributed by atoms with E-state index in [0.717, 1.165) is 73.7 Å². The van der Waals surface area contributed by atoms with Crippen LogP contribution >= 0.6 is 0 Å². The number of guanidine groups is 1. The predicted octanol–water partition coefficient (Wildman–Crippen LogP) is 7.42. The Balaban J connectivity index is 0.00000107. The van der Waals surface area contributed by atoms with Crippen LogP contribution in [0, 0.1) is 6.92 Å². The van der Waals surface area contributed by atoms with Gasteiger partial charge in [-0.2, -0.15) is 0 Å². The summed E-state index contributed by atoms with van der Waals surface area (Å²) in [5.74, 6) is 1.62. The molecule has 1 aliphatic heterocycles. The number of hydrogen-bond donors (Lipinski definition) is 3. The van der Waals surface area contributed by atoms with E-state index in [1.807, 2.05) is 6.92 Å². The number of aromatic nitrogens is 2. The second kappa shape index (κ2) is 17.4. The highest BCUT2D eigenvalue weighted by atomic mass is 15.3. The third-order valence-electron chi connectivity index (χ3n) is 8.49. The highest BCUT2D eigenvalue weighted by molar-refractivity contribution is 5.85. The molecule has 1 atom stereocenters. The maximum absolute atomic E-state index is 5.75. The van der Waals surface area contributed by atoms with Gasteiger partial charge in [0.2, 0.25) is 0 Å². The Morgan fingerprint density at radius 1 is 0.978 bits per heavy atom. The normalized spacial score (nSPS) is 15.2. The van der Waals surface area contributed by atoms with Gasteiger partial charge in [-0.25, -0.2) is 9.97 Å². The van der Waals surface area contributed by atoms with Crippen molar-refractivity contribution in [3.8, 4) is 0 Å². The van der Waals surface area contributed by atoms with E-state index in [0.29, 0.717) is 29.5 Å². The van der Waals surface area contributed by atoms with Gasteiger partial charge in [0.05, 0.1) is 12.1 Å².